The highest BCUT2D eigenvalue weighted by Crippen LogP contribution is 2.16. The zero-order valence-corrected chi connectivity index (χ0v) is 14.6. The summed E-state index contributed by atoms with van der Waals surface area (Å²) < 4.78 is 10.2. The minimum absolute atomic E-state index is 0.00884. The van der Waals surface area contributed by atoms with Crippen molar-refractivity contribution in [2.24, 2.45) is 0 Å². The van der Waals surface area contributed by atoms with Crippen LogP contribution in [0.5, 0.6) is 5.75 Å². The van der Waals surface area contributed by atoms with E-state index in [9.17, 15) is 4.79 Å². The average Bonchev–Trinajstić information content (AvgIpc) is 2.67. The summed E-state index contributed by atoms with van der Waals surface area (Å²) in [5.41, 5.74) is 2.58. The van der Waals surface area contributed by atoms with Gasteiger partial charge in [-0.2, -0.15) is 5.26 Å². The predicted octanol–water partition coefficient (Wildman–Crippen LogP) is 2.97. The van der Waals surface area contributed by atoms with Crippen molar-refractivity contribution in [3.63, 3.8) is 0 Å². The number of carbonyl (C=O) groups excluding carboxylic acids is 1. The zero-order valence-electron chi connectivity index (χ0n) is 14.6. The van der Waals surface area contributed by atoms with Crippen molar-refractivity contribution < 1.29 is 14.3 Å². The Morgan fingerprint density at radius 3 is 2.65 bits per heavy atom. The van der Waals surface area contributed by atoms with Gasteiger partial charge in [-0.1, -0.05) is 18.2 Å². The number of hydrogen-bond donors (Lipinski definition) is 3. The monoisotopic (exact) mass is 354 g/mol. The van der Waals surface area contributed by atoms with Gasteiger partial charge in [-0.25, -0.2) is 4.79 Å². The molecule has 2 aromatic carbocycles. The minimum Gasteiger partial charge on any atom is -0.479 e. The van der Waals surface area contributed by atoms with Gasteiger partial charge in [0.25, 0.3) is 0 Å². The maximum absolute atomic E-state index is 12.1. The van der Waals surface area contributed by atoms with Crippen LogP contribution in [0.25, 0.3) is 0 Å². The summed E-state index contributed by atoms with van der Waals surface area (Å²) in [6.07, 6.45) is 0. The molecule has 2 aromatic rings. The molecule has 0 saturated heterocycles. The number of nitrogens with zero attached hydrogens (tertiary/aromatic N) is 1. The van der Waals surface area contributed by atoms with E-state index in [1.807, 2.05) is 30.3 Å². The molecule has 0 aliphatic heterocycles. The normalized spacial score (nSPS) is 9.85. The number of benzene rings is 2. The molecule has 0 fully saturated rings. The van der Waals surface area contributed by atoms with Crippen LogP contribution in [-0.4, -0.2) is 32.9 Å². The highest BCUT2D eigenvalue weighted by Gasteiger charge is 2.05. The van der Waals surface area contributed by atoms with E-state index in [0.717, 1.165) is 11.3 Å². The lowest BCUT2D eigenvalue weighted by molar-refractivity contribution is 0.210. The van der Waals surface area contributed by atoms with Crippen LogP contribution in [0.2, 0.25) is 0 Å². The van der Waals surface area contributed by atoms with E-state index in [0.29, 0.717) is 31.1 Å². The molecule has 0 atom stereocenters. The highest BCUT2D eigenvalue weighted by molar-refractivity contribution is 5.89. The molecule has 0 aromatic heterocycles. The average molecular weight is 354 g/mol. The van der Waals surface area contributed by atoms with Gasteiger partial charge in [-0.3, -0.25) is 0 Å². The second kappa shape index (κ2) is 10.6. The fraction of sp³-hybridized carbons (Fsp3) is 0.263. The zero-order chi connectivity index (χ0) is 18.6. The number of carbonyl (C=O) groups is 1. The molecule has 7 nitrogen and oxygen atoms in total. The third-order valence-electron chi connectivity index (χ3n) is 3.49. The molecule has 0 aliphatic carbocycles. The first-order valence-electron chi connectivity index (χ1n) is 8.18. The van der Waals surface area contributed by atoms with Gasteiger partial charge in [0.15, 0.2) is 6.61 Å². The van der Waals surface area contributed by atoms with Crippen molar-refractivity contribution in [3.8, 4) is 11.8 Å². The van der Waals surface area contributed by atoms with Crippen LogP contribution in [0.4, 0.5) is 16.2 Å². The van der Waals surface area contributed by atoms with E-state index in [4.69, 9.17) is 14.7 Å². The van der Waals surface area contributed by atoms with Gasteiger partial charge >= 0.3 is 6.03 Å². The largest absolute Gasteiger partial charge is 0.479 e. The number of methoxy groups -OCH3 is 1. The van der Waals surface area contributed by atoms with E-state index >= 15 is 0 Å². The van der Waals surface area contributed by atoms with E-state index in [1.165, 1.54) is 0 Å². The lowest BCUT2D eigenvalue weighted by Crippen LogP contribution is -2.28. The molecule has 0 spiro atoms. The Morgan fingerprint density at radius 2 is 1.92 bits per heavy atom. The Kier molecular flexibility index (Phi) is 7.77. The van der Waals surface area contributed by atoms with Crippen LogP contribution in [0.3, 0.4) is 0 Å². The second-order valence-electron chi connectivity index (χ2n) is 5.36. The summed E-state index contributed by atoms with van der Waals surface area (Å²) in [6, 6.07) is 16.2. The van der Waals surface area contributed by atoms with E-state index in [-0.39, 0.29) is 12.6 Å². The summed E-state index contributed by atoms with van der Waals surface area (Å²) in [4.78, 5) is 12.1. The molecule has 0 saturated carbocycles. The van der Waals surface area contributed by atoms with Gasteiger partial charge < -0.3 is 25.4 Å². The summed E-state index contributed by atoms with van der Waals surface area (Å²) in [5.74, 6) is 0.577. The quantitative estimate of drug-likeness (QED) is 0.602. The third kappa shape index (κ3) is 6.34. The summed E-state index contributed by atoms with van der Waals surface area (Å²) in [7, 11) is 1.65. The SMILES string of the molecule is COCCNc1ccccc1CNC(=O)Nc1ccc(OCC#N)cc1. The molecule has 26 heavy (non-hydrogen) atoms. The first-order valence-corrected chi connectivity index (χ1v) is 8.18. The van der Waals surface area contributed by atoms with Gasteiger partial charge in [0.2, 0.25) is 0 Å². The van der Waals surface area contributed by atoms with Crippen LogP contribution in [-0.2, 0) is 11.3 Å². The number of anilines is 2. The van der Waals surface area contributed by atoms with Crippen LogP contribution in [0.1, 0.15) is 5.56 Å². The summed E-state index contributed by atoms with van der Waals surface area (Å²) in [6.45, 7) is 1.69. The maximum atomic E-state index is 12.1. The first kappa shape index (κ1) is 19.1. The number of ether oxygens (including phenoxy) is 2. The number of nitrogens with one attached hydrogen (secondary N) is 3. The van der Waals surface area contributed by atoms with Gasteiger partial charge in [0, 0.05) is 31.6 Å². The van der Waals surface area contributed by atoms with Gasteiger partial charge in [0.05, 0.1) is 6.61 Å². The van der Waals surface area contributed by atoms with E-state index in [2.05, 4.69) is 16.0 Å². The molecule has 0 aliphatic rings. The molecule has 0 unspecified atom stereocenters. The first-order chi connectivity index (χ1) is 12.7. The predicted molar refractivity (Wildman–Crippen MR) is 100 cm³/mol. The molecule has 0 heterocycles. The molecular formula is C19H22N4O3. The lowest BCUT2D eigenvalue weighted by Gasteiger charge is -2.13. The number of urea groups is 1. The lowest BCUT2D eigenvalue weighted by atomic mass is 10.1. The fourth-order valence-corrected chi connectivity index (χ4v) is 2.24. The number of hydrogen-bond acceptors (Lipinski definition) is 5. The fourth-order valence-electron chi connectivity index (χ4n) is 2.24. The van der Waals surface area contributed by atoms with Gasteiger partial charge in [-0.05, 0) is 35.9 Å². The molecular weight excluding hydrogens is 332 g/mol. The maximum Gasteiger partial charge on any atom is 0.319 e. The molecule has 136 valence electrons. The summed E-state index contributed by atoms with van der Waals surface area (Å²) >= 11 is 0. The standard InChI is InChI=1S/C19H22N4O3/c1-25-13-11-21-18-5-3-2-4-15(18)14-22-19(24)23-16-6-8-17(9-7-16)26-12-10-20/h2-9,21H,11-14H2,1H3,(H2,22,23,24). The van der Waals surface area contributed by atoms with Crippen LogP contribution >= 0.6 is 0 Å². The molecule has 0 radical (unpaired) electrons. The Hall–Kier alpha value is -3.24. The molecule has 3 N–H and O–H groups in total. The van der Waals surface area contributed by atoms with Crippen LogP contribution < -0.4 is 20.7 Å². The van der Waals surface area contributed by atoms with Crippen molar-refractivity contribution >= 4 is 17.4 Å². The molecule has 0 bridgehead atoms. The van der Waals surface area contributed by atoms with Crippen LogP contribution in [0.15, 0.2) is 48.5 Å². The van der Waals surface area contributed by atoms with Gasteiger partial charge in [0.1, 0.15) is 11.8 Å². The highest BCUT2D eigenvalue weighted by atomic mass is 16.5. The molecule has 2 rings (SSSR count). The second-order valence-corrected chi connectivity index (χ2v) is 5.36. The molecule has 7 heteroatoms. The van der Waals surface area contributed by atoms with Crippen LogP contribution in [0, 0.1) is 11.3 Å². The number of nitriles is 1. The van der Waals surface area contributed by atoms with Gasteiger partial charge in [-0.15, -0.1) is 0 Å². The number of rotatable bonds is 9. The minimum atomic E-state index is -0.303. The summed E-state index contributed by atoms with van der Waals surface area (Å²) in [5, 5.41) is 17.3. The number of amides is 2. The topological polar surface area (TPSA) is 95.4 Å². The van der Waals surface area contributed by atoms with Crippen molar-refractivity contribution in [1.29, 1.82) is 5.26 Å². The van der Waals surface area contributed by atoms with Crippen molar-refractivity contribution in [2.45, 2.75) is 6.54 Å². The Balaban J connectivity index is 1.84. The number of para-hydroxylation sites is 1. The smallest absolute Gasteiger partial charge is 0.319 e. The van der Waals surface area contributed by atoms with E-state index in [1.54, 1.807) is 31.4 Å². The van der Waals surface area contributed by atoms with Crippen molar-refractivity contribution in [3.05, 3.63) is 54.1 Å². The van der Waals surface area contributed by atoms with E-state index < -0.39 is 0 Å². The Bertz CT molecular complexity index is 741. The molecule has 2 amide bonds. The Morgan fingerprint density at radius 1 is 1.15 bits per heavy atom. The van der Waals surface area contributed by atoms with Crippen molar-refractivity contribution in [2.75, 3.05) is 37.5 Å². The third-order valence-corrected chi connectivity index (χ3v) is 3.49. The Labute approximate surface area is 152 Å². The van der Waals surface area contributed by atoms with Crippen molar-refractivity contribution in [1.82, 2.24) is 5.32 Å².